The topological polar surface area (TPSA) is 62.6 Å². The summed E-state index contributed by atoms with van der Waals surface area (Å²) in [6.45, 7) is 1.25. The lowest BCUT2D eigenvalue weighted by Gasteiger charge is -2.29. The summed E-state index contributed by atoms with van der Waals surface area (Å²) < 4.78 is 10.8. The number of carbonyl (C=O) groups is 1. The molecule has 0 N–H and O–H groups in total. The Balaban J connectivity index is 1.60. The predicted octanol–water partition coefficient (Wildman–Crippen LogP) is 2.53. The quantitative estimate of drug-likeness (QED) is 0.868. The van der Waals surface area contributed by atoms with Crippen molar-refractivity contribution >= 4 is 5.91 Å². The van der Waals surface area contributed by atoms with E-state index in [1.54, 1.807) is 36.3 Å². The fourth-order valence-corrected chi connectivity index (χ4v) is 2.74. The lowest BCUT2D eigenvalue weighted by Crippen LogP contribution is -2.38. The van der Waals surface area contributed by atoms with E-state index in [2.05, 4.69) is 6.07 Å². The maximum Gasteiger partial charge on any atom is 0.260 e. The monoisotopic (exact) mass is 322 g/mol. The number of rotatable bonds is 4. The average molecular weight is 322 g/mol. The molecule has 5 nitrogen and oxygen atoms in total. The van der Waals surface area contributed by atoms with Crippen molar-refractivity contribution in [2.45, 2.75) is 13.0 Å². The van der Waals surface area contributed by atoms with E-state index < -0.39 is 0 Å². The van der Waals surface area contributed by atoms with Gasteiger partial charge in [-0.15, -0.1) is 0 Å². The molecule has 0 atom stereocenters. The fourth-order valence-electron chi connectivity index (χ4n) is 2.74. The van der Waals surface area contributed by atoms with Crippen LogP contribution in [0.5, 0.6) is 11.5 Å². The Morgan fingerprint density at radius 1 is 1.17 bits per heavy atom. The van der Waals surface area contributed by atoms with E-state index in [0.29, 0.717) is 24.4 Å². The molecule has 0 aliphatic carbocycles. The molecule has 0 spiro atoms. The molecule has 0 radical (unpaired) electrons. The first kappa shape index (κ1) is 15.9. The molecule has 0 unspecified atom stereocenters. The minimum Gasteiger partial charge on any atom is -0.497 e. The number of nitrogens with zero attached hydrogens (tertiary/aromatic N) is 2. The minimum atomic E-state index is -0.0483. The van der Waals surface area contributed by atoms with E-state index in [-0.39, 0.29) is 12.5 Å². The summed E-state index contributed by atoms with van der Waals surface area (Å²) in [5.74, 6) is 1.34. The van der Waals surface area contributed by atoms with Gasteiger partial charge in [-0.25, -0.2) is 0 Å². The van der Waals surface area contributed by atoms with Gasteiger partial charge in [0, 0.05) is 13.1 Å². The molecule has 5 heteroatoms. The molecule has 0 fully saturated rings. The molecule has 1 heterocycles. The molecule has 1 amide bonds. The summed E-state index contributed by atoms with van der Waals surface area (Å²) in [4.78, 5) is 14.2. The summed E-state index contributed by atoms with van der Waals surface area (Å²) in [6, 6.07) is 14.8. The second kappa shape index (κ2) is 7.05. The maximum absolute atomic E-state index is 12.4. The van der Waals surface area contributed by atoms with Crippen molar-refractivity contribution in [1.82, 2.24) is 4.90 Å². The Morgan fingerprint density at radius 2 is 1.92 bits per heavy atom. The van der Waals surface area contributed by atoms with Crippen molar-refractivity contribution in [1.29, 1.82) is 5.26 Å². The highest BCUT2D eigenvalue weighted by Crippen LogP contribution is 2.24. The number of carbonyl (C=O) groups excluding carboxylic acids is 1. The largest absolute Gasteiger partial charge is 0.497 e. The zero-order valence-electron chi connectivity index (χ0n) is 13.5. The number of methoxy groups -OCH3 is 1. The van der Waals surface area contributed by atoms with Crippen LogP contribution in [0.2, 0.25) is 0 Å². The third-order valence-electron chi connectivity index (χ3n) is 4.12. The van der Waals surface area contributed by atoms with Crippen LogP contribution in [-0.4, -0.2) is 31.1 Å². The number of hydrogen-bond acceptors (Lipinski definition) is 4. The third-order valence-corrected chi connectivity index (χ3v) is 4.12. The van der Waals surface area contributed by atoms with Crippen molar-refractivity contribution in [3.63, 3.8) is 0 Å². The number of fused-ring (bicyclic) bond motifs is 1. The zero-order valence-corrected chi connectivity index (χ0v) is 13.5. The summed E-state index contributed by atoms with van der Waals surface area (Å²) >= 11 is 0. The van der Waals surface area contributed by atoms with E-state index in [1.165, 1.54) is 5.56 Å². The Bertz CT molecular complexity index is 778. The first-order valence-electron chi connectivity index (χ1n) is 7.76. The van der Waals surface area contributed by atoms with Gasteiger partial charge in [-0.05, 0) is 53.9 Å². The summed E-state index contributed by atoms with van der Waals surface area (Å²) in [5.41, 5.74) is 2.94. The van der Waals surface area contributed by atoms with Gasteiger partial charge in [-0.1, -0.05) is 6.07 Å². The third kappa shape index (κ3) is 3.49. The van der Waals surface area contributed by atoms with Crippen LogP contribution in [0, 0.1) is 11.3 Å². The van der Waals surface area contributed by atoms with Crippen LogP contribution in [-0.2, 0) is 17.8 Å². The van der Waals surface area contributed by atoms with Crippen molar-refractivity contribution in [2.75, 3.05) is 20.3 Å². The van der Waals surface area contributed by atoms with Gasteiger partial charge in [-0.2, -0.15) is 5.26 Å². The minimum absolute atomic E-state index is 0.00873. The molecular formula is C19H18N2O3. The Labute approximate surface area is 141 Å². The molecule has 24 heavy (non-hydrogen) atoms. The highest BCUT2D eigenvalue weighted by atomic mass is 16.5. The molecule has 1 aliphatic rings. The van der Waals surface area contributed by atoms with Crippen molar-refractivity contribution in [2.24, 2.45) is 0 Å². The van der Waals surface area contributed by atoms with Crippen molar-refractivity contribution in [3.05, 3.63) is 59.2 Å². The van der Waals surface area contributed by atoms with E-state index in [1.807, 2.05) is 18.2 Å². The Kier molecular flexibility index (Phi) is 4.66. The highest BCUT2D eigenvalue weighted by Gasteiger charge is 2.21. The molecule has 3 rings (SSSR count). The predicted molar refractivity (Wildman–Crippen MR) is 88.8 cm³/mol. The maximum atomic E-state index is 12.4. The second-order valence-corrected chi connectivity index (χ2v) is 5.62. The van der Waals surface area contributed by atoms with Crippen LogP contribution < -0.4 is 9.47 Å². The van der Waals surface area contributed by atoms with Gasteiger partial charge in [0.2, 0.25) is 0 Å². The van der Waals surface area contributed by atoms with Crippen LogP contribution in [0.25, 0.3) is 0 Å². The molecule has 2 aromatic carbocycles. The first-order valence-corrected chi connectivity index (χ1v) is 7.76. The van der Waals surface area contributed by atoms with E-state index in [4.69, 9.17) is 14.7 Å². The molecule has 0 bridgehead atoms. The Hall–Kier alpha value is -3.00. The summed E-state index contributed by atoms with van der Waals surface area (Å²) in [5, 5.41) is 8.77. The van der Waals surface area contributed by atoms with Crippen LogP contribution in [0.4, 0.5) is 0 Å². The number of ether oxygens (including phenoxy) is 2. The average Bonchev–Trinajstić information content (AvgIpc) is 2.65. The van der Waals surface area contributed by atoms with Crippen LogP contribution >= 0.6 is 0 Å². The van der Waals surface area contributed by atoms with E-state index in [0.717, 1.165) is 17.7 Å². The lowest BCUT2D eigenvalue weighted by atomic mass is 9.99. The summed E-state index contributed by atoms with van der Waals surface area (Å²) in [7, 11) is 1.64. The Morgan fingerprint density at radius 3 is 2.62 bits per heavy atom. The number of nitriles is 1. The van der Waals surface area contributed by atoms with Crippen molar-refractivity contribution in [3.8, 4) is 17.6 Å². The number of benzene rings is 2. The van der Waals surface area contributed by atoms with Crippen LogP contribution in [0.15, 0.2) is 42.5 Å². The summed E-state index contributed by atoms with van der Waals surface area (Å²) in [6.07, 6.45) is 0.835. The van der Waals surface area contributed by atoms with Gasteiger partial charge >= 0.3 is 0 Å². The standard InChI is InChI=1S/C19H18N2O3/c1-23-18-7-4-15-8-9-21(12-16(15)10-18)19(22)13-24-17-5-2-14(11-20)3-6-17/h2-7,10H,8-9,12-13H2,1H3. The lowest BCUT2D eigenvalue weighted by molar-refractivity contribution is -0.134. The molecule has 1 aliphatic heterocycles. The molecule has 2 aromatic rings. The van der Waals surface area contributed by atoms with Gasteiger partial charge in [-0.3, -0.25) is 4.79 Å². The van der Waals surface area contributed by atoms with Crippen molar-refractivity contribution < 1.29 is 14.3 Å². The molecular weight excluding hydrogens is 304 g/mol. The van der Waals surface area contributed by atoms with E-state index in [9.17, 15) is 4.79 Å². The second-order valence-electron chi connectivity index (χ2n) is 5.62. The van der Waals surface area contributed by atoms with Gasteiger partial charge in [0.25, 0.3) is 5.91 Å². The first-order chi connectivity index (χ1) is 11.7. The van der Waals surface area contributed by atoms with Gasteiger partial charge in [0.15, 0.2) is 6.61 Å². The molecule has 0 aromatic heterocycles. The zero-order chi connectivity index (χ0) is 16.9. The van der Waals surface area contributed by atoms with Gasteiger partial charge < -0.3 is 14.4 Å². The van der Waals surface area contributed by atoms with Gasteiger partial charge in [0.05, 0.1) is 18.7 Å². The molecule has 0 saturated carbocycles. The number of amides is 1. The van der Waals surface area contributed by atoms with Crippen LogP contribution in [0.3, 0.4) is 0 Å². The normalized spacial score (nSPS) is 12.9. The highest BCUT2D eigenvalue weighted by molar-refractivity contribution is 5.78. The molecule has 0 saturated heterocycles. The van der Waals surface area contributed by atoms with Crippen LogP contribution in [0.1, 0.15) is 16.7 Å². The van der Waals surface area contributed by atoms with E-state index >= 15 is 0 Å². The fraction of sp³-hybridized carbons (Fsp3) is 0.263. The SMILES string of the molecule is COc1ccc2c(c1)CN(C(=O)COc1ccc(C#N)cc1)CC2. The smallest absolute Gasteiger partial charge is 0.260 e. The number of hydrogen-bond donors (Lipinski definition) is 0. The van der Waals surface area contributed by atoms with Gasteiger partial charge in [0.1, 0.15) is 11.5 Å². The molecule has 122 valence electrons.